The quantitative estimate of drug-likeness (QED) is 0.586. The molecule has 1 spiro atoms. The van der Waals surface area contributed by atoms with Gasteiger partial charge in [-0.2, -0.15) is 13.5 Å². The number of hydrogen-bond acceptors (Lipinski definition) is 6. The monoisotopic (exact) mass is 414 g/mol. The van der Waals surface area contributed by atoms with E-state index in [0.29, 0.717) is 23.3 Å². The van der Waals surface area contributed by atoms with E-state index in [1.807, 2.05) is 0 Å². The van der Waals surface area contributed by atoms with Crippen molar-refractivity contribution in [1.82, 2.24) is 20.2 Å². The molecular weight excluding hydrogens is 388 g/mol. The molecule has 0 aromatic heterocycles. The molecular formula is C17H26N4O6S. The Hall–Kier alpha value is -1.43. The van der Waals surface area contributed by atoms with E-state index in [0.717, 1.165) is 31.8 Å². The second kappa shape index (κ2) is 6.28. The molecule has 5 fully saturated rings. The summed E-state index contributed by atoms with van der Waals surface area (Å²) in [6, 6.07) is -1.64. The van der Waals surface area contributed by atoms with Crippen LogP contribution in [-0.4, -0.2) is 84.1 Å². The van der Waals surface area contributed by atoms with Gasteiger partial charge in [-0.15, -0.1) is 4.28 Å². The molecule has 2 bridgehead atoms. The second-order valence-electron chi connectivity index (χ2n) is 9.24. The van der Waals surface area contributed by atoms with Crippen molar-refractivity contribution in [3.05, 3.63) is 0 Å². The molecule has 0 unspecified atom stereocenters. The van der Waals surface area contributed by atoms with Gasteiger partial charge in [-0.3, -0.25) is 9.35 Å². The largest absolute Gasteiger partial charge is 0.418 e. The molecule has 2 aliphatic carbocycles. The molecule has 3 saturated heterocycles. The van der Waals surface area contributed by atoms with E-state index >= 15 is 0 Å². The summed E-state index contributed by atoms with van der Waals surface area (Å²) in [7, 11) is -4.77. The number of carbonyl (C=O) groups excluding carboxylic acids is 2. The summed E-state index contributed by atoms with van der Waals surface area (Å²) in [4.78, 5) is 29.0. The SMILES string of the molecule is O=C(NC1CC2(C1)CN(CC1CC1)C2)[C@@H]1CC[C@@H]2CN1C(=O)N2OS(=O)(=O)O. The van der Waals surface area contributed by atoms with Crippen LogP contribution in [-0.2, 0) is 19.5 Å². The third kappa shape index (κ3) is 3.38. The average Bonchev–Trinajstić information content (AvgIpc) is 3.34. The van der Waals surface area contributed by atoms with Gasteiger partial charge in [-0.25, -0.2) is 4.79 Å². The van der Waals surface area contributed by atoms with Crippen LogP contribution in [0.2, 0.25) is 0 Å². The van der Waals surface area contributed by atoms with E-state index in [-0.39, 0.29) is 18.5 Å². The van der Waals surface area contributed by atoms with Crippen molar-refractivity contribution >= 4 is 22.3 Å². The number of hydrogen-bond donors (Lipinski definition) is 2. The van der Waals surface area contributed by atoms with Gasteiger partial charge in [0.2, 0.25) is 5.91 Å². The Balaban J connectivity index is 1.12. The maximum atomic E-state index is 12.7. The van der Waals surface area contributed by atoms with Gasteiger partial charge < -0.3 is 15.1 Å². The van der Waals surface area contributed by atoms with Crippen LogP contribution in [0.25, 0.3) is 0 Å². The van der Waals surface area contributed by atoms with E-state index in [1.165, 1.54) is 24.3 Å². The van der Waals surface area contributed by atoms with E-state index in [2.05, 4.69) is 14.5 Å². The molecule has 10 nitrogen and oxygen atoms in total. The van der Waals surface area contributed by atoms with Crippen LogP contribution >= 0.6 is 0 Å². The molecule has 156 valence electrons. The van der Waals surface area contributed by atoms with Gasteiger partial charge in [0.1, 0.15) is 6.04 Å². The Morgan fingerprint density at radius 1 is 1.21 bits per heavy atom. The molecule has 3 amide bonds. The van der Waals surface area contributed by atoms with Crippen LogP contribution in [0.3, 0.4) is 0 Å². The minimum atomic E-state index is -4.77. The number of nitrogens with one attached hydrogen (secondary N) is 1. The van der Waals surface area contributed by atoms with Crippen LogP contribution in [0.4, 0.5) is 4.79 Å². The third-order valence-corrected chi connectivity index (χ3v) is 7.19. The fourth-order valence-corrected chi connectivity index (χ4v) is 5.83. The molecule has 11 heteroatoms. The third-order valence-electron chi connectivity index (χ3n) is 6.84. The number of carbonyl (C=O) groups is 2. The smallest absolute Gasteiger partial charge is 0.352 e. The fraction of sp³-hybridized carbons (Fsp3) is 0.882. The molecule has 2 N–H and O–H groups in total. The van der Waals surface area contributed by atoms with Crippen LogP contribution < -0.4 is 5.32 Å². The van der Waals surface area contributed by atoms with Crippen LogP contribution in [0.5, 0.6) is 0 Å². The van der Waals surface area contributed by atoms with Gasteiger partial charge in [0.15, 0.2) is 0 Å². The first-order chi connectivity index (χ1) is 13.2. The summed E-state index contributed by atoms with van der Waals surface area (Å²) in [5, 5.41) is 3.74. The lowest BCUT2D eigenvalue weighted by molar-refractivity contribution is -0.132. The van der Waals surface area contributed by atoms with Gasteiger partial charge in [-0.05, 0) is 49.9 Å². The van der Waals surface area contributed by atoms with Gasteiger partial charge in [0, 0.05) is 32.2 Å². The molecule has 2 saturated carbocycles. The number of likely N-dealkylation sites (tertiary alicyclic amines) is 1. The Kier molecular flexibility index (Phi) is 4.17. The van der Waals surface area contributed by atoms with Crippen molar-refractivity contribution in [3.8, 4) is 0 Å². The zero-order valence-corrected chi connectivity index (χ0v) is 16.4. The molecule has 28 heavy (non-hydrogen) atoms. The number of urea groups is 1. The topological polar surface area (TPSA) is 119 Å². The molecule has 2 atom stereocenters. The number of hydroxylamine groups is 2. The first kappa shape index (κ1) is 18.6. The van der Waals surface area contributed by atoms with Crippen molar-refractivity contribution in [2.24, 2.45) is 11.3 Å². The van der Waals surface area contributed by atoms with Crippen molar-refractivity contribution < 1.29 is 26.8 Å². The maximum absolute atomic E-state index is 12.7. The van der Waals surface area contributed by atoms with Crippen molar-refractivity contribution in [2.45, 2.75) is 56.7 Å². The Morgan fingerprint density at radius 3 is 2.57 bits per heavy atom. The van der Waals surface area contributed by atoms with Crippen LogP contribution in [0.15, 0.2) is 0 Å². The standard InChI is InChI=1S/C17H26N4O6S/c22-15(18-12-5-17(6-12)9-19(10-17)7-11-1-2-11)14-4-3-13-8-20(14)16(23)21(13)27-28(24,25)26/h11-14H,1-10H2,(H,18,22)(H,24,25,26)/t13-,14+/m1/s1. The van der Waals surface area contributed by atoms with Gasteiger partial charge >= 0.3 is 16.4 Å². The summed E-state index contributed by atoms with van der Waals surface area (Å²) in [5.41, 5.74) is 0.369. The van der Waals surface area contributed by atoms with Crippen molar-refractivity contribution in [1.29, 1.82) is 0 Å². The van der Waals surface area contributed by atoms with Gasteiger partial charge in [-0.1, -0.05) is 0 Å². The summed E-state index contributed by atoms with van der Waals surface area (Å²) >= 11 is 0. The van der Waals surface area contributed by atoms with E-state index in [4.69, 9.17) is 4.55 Å². The van der Waals surface area contributed by atoms with Crippen molar-refractivity contribution in [2.75, 3.05) is 26.2 Å². The zero-order chi connectivity index (χ0) is 19.7. The molecule has 0 radical (unpaired) electrons. The zero-order valence-electron chi connectivity index (χ0n) is 15.6. The van der Waals surface area contributed by atoms with Crippen LogP contribution in [0.1, 0.15) is 38.5 Å². The second-order valence-corrected chi connectivity index (χ2v) is 10.2. The normalized spacial score (nSPS) is 32.4. The Bertz CT molecular complexity index is 785. The lowest BCUT2D eigenvalue weighted by Gasteiger charge is -2.59. The number of fused-ring (bicyclic) bond motifs is 2. The van der Waals surface area contributed by atoms with Crippen molar-refractivity contribution in [3.63, 3.8) is 0 Å². The molecule has 5 rings (SSSR count). The maximum Gasteiger partial charge on any atom is 0.418 e. The minimum absolute atomic E-state index is 0.149. The van der Waals surface area contributed by atoms with Gasteiger partial charge in [0.05, 0.1) is 6.04 Å². The lowest BCUT2D eigenvalue weighted by Crippen LogP contribution is -2.67. The Labute approximate surface area is 164 Å². The molecule has 0 aromatic carbocycles. The number of nitrogens with zero attached hydrogens (tertiary/aromatic N) is 3. The fourth-order valence-electron chi connectivity index (χ4n) is 5.44. The minimum Gasteiger partial charge on any atom is -0.352 e. The van der Waals surface area contributed by atoms with Gasteiger partial charge in [0.25, 0.3) is 0 Å². The number of amides is 3. The Morgan fingerprint density at radius 2 is 1.93 bits per heavy atom. The highest BCUT2D eigenvalue weighted by Crippen LogP contribution is 2.49. The first-order valence-electron chi connectivity index (χ1n) is 10.0. The van der Waals surface area contributed by atoms with Crippen LogP contribution in [0, 0.1) is 11.3 Å². The molecule has 3 aliphatic heterocycles. The summed E-state index contributed by atoms with van der Waals surface area (Å²) in [5.74, 6) is 0.722. The molecule has 5 aliphatic rings. The predicted octanol–water partition coefficient (Wildman–Crippen LogP) is -0.0200. The van der Waals surface area contributed by atoms with E-state index in [1.54, 1.807) is 0 Å². The highest BCUT2D eigenvalue weighted by atomic mass is 32.3. The summed E-state index contributed by atoms with van der Waals surface area (Å²) in [6.45, 7) is 3.71. The highest BCUT2D eigenvalue weighted by molar-refractivity contribution is 7.80. The number of rotatable bonds is 6. The highest BCUT2D eigenvalue weighted by Gasteiger charge is 2.54. The average molecular weight is 414 g/mol. The number of piperidine rings is 1. The summed E-state index contributed by atoms with van der Waals surface area (Å²) < 4.78 is 35.1. The predicted molar refractivity (Wildman–Crippen MR) is 96.1 cm³/mol. The van der Waals surface area contributed by atoms with E-state index in [9.17, 15) is 18.0 Å². The van der Waals surface area contributed by atoms with E-state index < -0.39 is 28.5 Å². The lowest BCUT2D eigenvalue weighted by atomic mass is 9.60. The molecule has 3 heterocycles. The molecule has 0 aromatic rings. The summed E-state index contributed by atoms with van der Waals surface area (Å²) in [6.07, 6.45) is 5.60. The first-order valence-corrected chi connectivity index (χ1v) is 11.4.